The number of aromatic carboxylic acids is 1. The zero-order valence-electron chi connectivity index (χ0n) is 16.0. The first-order valence-corrected chi connectivity index (χ1v) is 10.3. The van der Waals surface area contributed by atoms with E-state index in [0.29, 0.717) is 19.8 Å². The van der Waals surface area contributed by atoms with Gasteiger partial charge < -0.3 is 19.1 Å². The molecule has 1 aromatic carbocycles. The van der Waals surface area contributed by atoms with Crippen LogP contribution in [0.15, 0.2) is 46.0 Å². The molecule has 0 radical (unpaired) electrons. The molecule has 0 spiro atoms. The fourth-order valence-corrected chi connectivity index (χ4v) is 4.26. The van der Waals surface area contributed by atoms with Gasteiger partial charge in [-0.1, -0.05) is 0 Å². The van der Waals surface area contributed by atoms with Gasteiger partial charge in [-0.3, -0.25) is 4.79 Å². The van der Waals surface area contributed by atoms with Gasteiger partial charge in [0.2, 0.25) is 0 Å². The van der Waals surface area contributed by atoms with E-state index in [9.17, 15) is 14.7 Å². The van der Waals surface area contributed by atoms with Crippen molar-refractivity contribution in [1.82, 2.24) is 4.57 Å². The number of fused-ring (bicyclic) bond motifs is 3. The first kappa shape index (κ1) is 19.4. The number of aromatic nitrogens is 1. The number of carboxylic acid groups (broad SMARTS) is 1. The lowest BCUT2D eigenvalue weighted by Crippen LogP contribution is -2.22. The maximum absolute atomic E-state index is 12.3. The maximum atomic E-state index is 12.3. The van der Waals surface area contributed by atoms with E-state index in [1.165, 1.54) is 12.3 Å². The Morgan fingerprint density at radius 1 is 1.24 bits per heavy atom. The first-order chi connectivity index (χ1) is 14.1. The summed E-state index contributed by atoms with van der Waals surface area (Å²) in [6.45, 7) is 1.81. The van der Waals surface area contributed by atoms with Crippen molar-refractivity contribution in [2.45, 2.75) is 19.4 Å². The number of aryl methyl sites for hydroxylation is 2. The van der Waals surface area contributed by atoms with E-state index < -0.39 is 11.4 Å². The number of hydrogen-bond acceptors (Lipinski definition) is 5. The summed E-state index contributed by atoms with van der Waals surface area (Å²) < 4.78 is 13.0. The van der Waals surface area contributed by atoms with Gasteiger partial charge >= 0.3 is 5.97 Å². The van der Waals surface area contributed by atoms with Gasteiger partial charge in [0, 0.05) is 50.1 Å². The van der Waals surface area contributed by atoms with Crippen LogP contribution in [0.2, 0.25) is 0 Å². The third kappa shape index (κ3) is 3.83. The van der Waals surface area contributed by atoms with Gasteiger partial charge in [0.1, 0.15) is 11.3 Å². The molecule has 4 rings (SSSR count). The molecule has 0 amide bonds. The van der Waals surface area contributed by atoms with E-state index in [1.807, 2.05) is 28.1 Å². The lowest BCUT2D eigenvalue weighted by molar-refractivity contribution is 0.0694. The van der Waals surface area contributed by atoms with Gasteiger partial charge in [-0.05, 0) is 46.5 Å². The van der Waals surface area contributed by atoms with Gasteiger partial charge in [0.25, 0.3) is 0 Å². The van der Waals surface area contributed by atoms with Crippen LogP contribution in [-0.4, -0.2) is 36.0 Å². The third-order valence-electron chi connectivity index (χ3n) is 5.04. The van der Waals surface area contributed by atoms with Crippen molar-refractivity contribution in [3.8, 4) is 28.1 Å². The Morgan fingerprint density at radius 3 is 2.83 bits per heavy atom. The Morgan fingerprint density at radius 2 is 2.10 bits per heavy atom. The van der Waals surface area contributed by atoms with Crippen LogP contribution in [0.3, 0.4) is 0 Å². The molecule has 1 aliphatic heterocycles. The minimum Gasteiger partial charge on any atom is -0.493 e. The minimum atomic E-state index is -1.20. The molecule has 7 heteroatoms. The number of benzene rings is 1. The highest BCUT2D eigenvalue weighted by Crippen LogP contribution is 2.39. The topological polar surface area (TPSA) is 77.8 Å². The molecule has 0 aliphatic carbocycles. The van der Waals surface area contributed by atoms with Gasteiger partial charge in [0.15, 0.2) is 5.43 Å². The lowest BCUT2D eigenvalue weighted by Gasteiger charge is -2.24. The molecular formula is C22H21NO5S. The Kier molecular flexibility index (Phi) is 5.51. The van der Waals surface area contributed by atoms with Crippen molar-refractivity contribution in [3.05, 3.63) is 62.6 Å². The second kappa shape index (κ2) is 8.23. The van der Waals surface area contributed by atoms with Crippen LogP contribution in [0.5, 0.6) is 5.75 Å². The van der Waals surface area contributed by atoms with E-state index in [1.54, 1.807) is 18.4 Å². The smallest absolute Gasteiger partial charge is 0.341 e. The Labute approximate surface area is 172 Å². The van der Waals surface area contributed by atoms with Crippen LogP contribution in [0.4, 0.5) is 0 Å². The highest BCUT2D eigenvalue weighted by Gasteiger charge is 2.22. The highest BCUT2D eigenvalue weighted by molar-refractivity contribution is 7.08. The molecule has 3 heterocycles. The predicted molar refractivity (Wildman–Crippen MR) is 112 cm³/mol. The molecule has 0 saturated heterocycles. The number of pyridine rings is 1. The number of hydrogen-bond donors (Lipinski definition) is 1. The van der Waals surface area contributed by atoms with Crippen molar-refractivity contribution < 1.29 is 19.4 Å². The number of methoxy groups -OCH3 is 1. The van der Waals surface area contributed by atoms with Crippen molar-refractivity contribution in [1.29, 1.82) is 0 Å². The molecular weight excluding hydrogens is 390 g/mol. The number of carbonyl (C=O) groups is 1. The quantitative estimate of drug-likeness (QED) is 0.597. The number of nitrogens with zero attached hydrogens (tertiary/aromatic N) is 1. The van der Waals surface area contributed by atoms with Crippen molar-refractivity contribution in [2.75, 3.05) is 20.3 Å². The first-order valence-electron chi connectivity index (χ1n) is 9.38. The average molecular weight is 411 g/mol. The summed E-state index contributed by atoms with van der Waals surface area (Å²) in [5.41, 5.74) is 4.11. The molecule has 3 aromatic rings. The fourth-order valence-electron chi connectivity index (χ4n) is 3.61. The summed E-state index contributed by atoms with van der Waals surface area (Å²) in [4.78, 5) is 23.6. The molecule has 150 valence electrons. The van der Waals surface area contributed by atoms with E-state index in [0.717, 1.165) is 46.5 Å². The van der Waals surface area contributed by atoms with Crippen LogP contribution < -0.4 is 10.2 Å². The summed E-state index contributed by atoms with van der Waals surface area (Å²) in [5, 5.41) is 13.3. The van der Waals surface area contributed by atoms with Crippen molar-refractivity contribution in [3.63, 3.8) is 0 Å². The standard InChI is InChI=1S/C22H21NO5S/c1-27-6-2-7-28-21-9-14-3-5-23-12-18(22(25)26)20(24)11-19(23)16(14)10-17(21)15-4-8-29-13-15/h4,8-13H,2-3,5-7H2,1H3,(H,25,26). The second-order valence-electron chi connectivity index (χ2n) is 6.90. The summed E-state index contributed by atoms with van der Waals surface area (Å²) in [6, 6.07) is 7.57. The van der Waals surface area contributed by atoms with Crippen LogP contribution >= 0.6 is 11.3 Å². The van der Waals surface area contributed by atoms with Crippen LogP contribution in [0.25, 0.3) is 22.4 Å². The zero-order valence-corrected chi connectivity index (χ0v) is 16.8. The Hall–Kier alpha value is -2.90. The molecule has 0 atom stereocenters. The van der Waals surface area contributed by atoms with Gasteiger partial charge in [-0.15, -0.1) is 0 Å². The monoisotopic (exact) mass is 411 g/mol. The molecule has 0 bridgehead atoms. The Balaban J connectivity index is 1.80. The number of rotatable bonds is 7. The second-order valence-corrected chi connectivity index (χ2v) is 7.68. The largest absolute Gasteiger partial charge is 0.493 e. The molecule has 29 heavy (non-hydrogen) atoms. The molecule has 1 N–H and O–H groups in total. The fraction of sp³-hybridized carbons (Fsp3) is 0.273. The van der Waals surface area contributed by atoms with Crippen LogP contribution in [0.1, 0.15) is 22.3 Å². The third-order valence-corrected chi connectivity index (χ3v) is 5.73. The number of ether oxygens (including phenoxy) is 2. The van der Waals surface area contributed by atoms with Crippen molar-refractivity contribution in [2.24, 2.45) is 0 Å². The predicted octanol–water partition coefficient (Wildman–Crippen LogP) is 3.91. The minimum absolute atomic E-state index is 0.201. The number of thiophene rings is 1. The van der Waals surface area contributed by atoms with E-state index in [2.05, 4.69) is 5.38 Å². The summed E-state index contributed by atoms with van der Waals surface area (Å²) in [7, 11) is 1.67. The average Bonchev–Trinajstić information content (AvgIpc) is 3.24. The Bertz CT molecular complexity index is 1100. The number of carboxylic acids is 1. The molecule has 1 aliphatic rings. The molecule has 0 saturated carbocycles. The summed E-state index contributed by atoms with van der Waals surface area (Å²) in [6.07, 6.45) is 2.98. The molecule has 6 nitrogen and oxygen atoms in total. The molecule has 2 aromatic heterocycles. The zero-order chi connectivity index (χ0) is 20.4. The SMILES string of the molecule is COCCCOc1cc2c(cc1-c1ccsc1)-c1cc(=O)c(C(=O)O)cn1CC2. The summed E-state index contributed by atoms with van der Waals surface area (Å²) >= 11 is 1.61. The molecule has 0 fully saturated rings. The van der Waals surface area contributed by atoms with Gasteiger partial charge in [0.05, 0.1) is 12.3 Å². The van der Waals surface area contributed by atoms with Crippen molar-refractivity contribution >= 4 is 17.3 Å². The van der Waals surface area contributed by atoms with E-state index in [-0.39, 0.29) is 5.56 Å². The molecule has 0 unspecified atom stereocenters. The van der Waals surface area contributed by atoms with Crippen LogP contribution in [0, 0.1) is 0 Å². The summed E-state index contributed by atoms with van der Waals surface area (Å²) in [5.74, 6) is -0.383. The highest BCUT2D eigenvalue weighted by atomic mass is 32.1. The van der Waals surface area contributed by atoms with Crippen LogP contribution in [-0.2, 0) is 17.7 Å². The van der Waals surface area contributed by atoms with Gasteiger partial charge in [-0.25, -0.2) is 4.79 Å². The van der Waals surface area contributed by atoms with E-state index in [4.69, 9.17) is 9.47 Å². The van der Waals surface area contributed by atoms with Gasteiger partial charge in [-0.2, -0.15) is 11.3 Å². The lowest BCUT2D eigenvalue weighted by atomic mass is 9.92. The normalized spacial score (nSPS) is 12.3. The van der Waals surface area contributed by atoms with E-state index >= 15 is 0 Å². The maximum Gasteiger partial charge on any atom is 0.341 e.